The van der Waals surface area contributed by atoms with Gasteiger partial charge in [-0.2, -0.15) is 5.26 Å². The topological polar surface area (TPSA) is 78.7 Å². The quantitative estimate of drug-likeness (QED) is 0.712. The predicted molar refractivity (Wildman–Crippen MR) is 98.0 cm³/mol. The first-order valence-corrected chi connectivity index (χ1v) is 8.54. The van der Waals surface area contributed by atoms with E-state index in [1.165, 1.54) is 11.8 Å². The second-order valence-electron chi connectivity index (χ2n) is 5.10. The Kier molecular flexibility index (Phi) is 5.39. The Bertz CT molecular complexity index is 908. The van der Waals surface area contributed by atoms with Crippen molar-refractivity contribution in [2.24, 2.45) is 0 Å². The predicted octanol–water partition coefficient (Wildman–Crippen LogP) is 3.75. The Morgan fingerprint density at radius 1 is 1.08 bits per heavy atom. The zero-order valence-corrected chi connectivity index (χ0v) is 14.0. The van der Waals surface area contributed by atoms with Crippen LogP contribution >= 0.6 is 11.8 Å². The van der Waals surface area contributed by atoms with Gasteiger partial charge >= 0.3 is 0 Å². The summed E-state index contributed by atoms with van der Waals surface area (Å²) in [6.45, 7) is 0. The van der Waals surface area contributed by atoms with Crippen LogP contribution in [0.1, 0.15) is 5.56 Å². The number of amides is 1. The smallest absolute Gasteiger partial charge is 0.234 e. The van der Waals surface area contributed by atoms with Gasteiger partial charge in [-0.3, -0.25) is 9.78 Å². The lowest BCUT2D eigenvalue weighted by Crippen LogP contribution is -2.14. The Hall–Kier alpha value is -3.17. The van der Waals surface area contributed by atoms with Gasteiger partial charge in [0, 0.05) is 23.6 Å². The van der Waals surface area contributed by atoms with E-state index in [9.17, 15) is 10.1 Å². The fourth-order valence-corrected chi connectivity index (χ4v) is 2.94. The van der Waals surface area contributed by atoms with Crippen LogP contribution in [0.5, 0.6) is 0 Å². The molecule has 2 heterocycles. The molecule has 0 aliphatic carbocycles. The minimum Gasteiger partial charge on any atom is -0.325 e. The Balaban J connectivity index is 1.73. The van der Waals surface area contributed by atoms with E-state index in [4.69, 9.17) is 0 Å². The molecule has 0 radical (unpaired) electrons. The number of aromatic nitrogens is 2. The summed E-state index contributed by atoms with van der Waals surface area (Å²) in [7, 11) is 0. The van der Waals surface area contributed by atoms with Gasteiger partial charge in [0.2, 0.25) is 5.91 Å². The lowest BCUT2D eigenvalue weighted by Gasteiger charge is -2.07. The van der Waals surface area contributed by atoms with Gasteiger partial charge in [0.1, 0.15) is 11.1 Å². The molecule has 0 bridgehead atoms. The number of para-hydroxylation sites is 1. The summed E-state index contributed by atoms with van der Waals surface area (Å²) in [6.07, 6.45) is 3.38. The number of nitrogens with zero attached hydrogens (tertiary/aromatic N) is 3. The number of nitrogens with one attached hydrogen (secondary N) is 1. The van der Waals surface area contributed by atoms with Crippen LogP contribution in [-0.4, -0.2) is 21.6 Å². The summed E-state index contributed by atoms with van der Waals surface area (Å²) in [4.78, 5) is 20.6. The molecule has 25 heavy (non-hydrogen) atoms. The van der Waals surface area contributed by atoms with Gasteiger partial charge in [-0.1, -0.05) is 30.0 Å². The molecule has 0 aliphatic rings. The molecule has 1 N–H and O–H groups in total. The van der Waals surface area contributed by atoms with Gasteiger partial charge in [0.25, 0.3) is 0 Å². The average Bonchev–Trinajstić information content (AvgIpc) is 2.67. The minimum atomic E-state index is -0.142. The third-order valence-corrected chi connectivity index (χ3v) is 4.35. The lowest BCUT2D eigenvalue weighted by atomic mass is 10.1. The third-order valence-electron chi connectivity index (χ3n) is 3.35. The van der Waals surface area contributed by atoms with Crippen molar-refractivity contribution in [2.45, 2.75) is 5.03 Å². The van der Waals surface area contributed by atoms with E-state index < -0.39 is 0 Å². The van der Waals surface area contributed by atoms with Crippen LogP contribution in [0.15, 0.2) is 72.0 Å². The second-order valence-corrected chi connectivity index (χ2v) is 6.06. The van der Waals surface area contributed by atoms with Crippen LogP contribution in [-0.2, 0) is 4.79 Å². The number of nitriles is 1. The summed E-state index contributed by atoms with van der Waals surface area (Å²) in [6, 6.07) is 18.6. The molecule has 0 fully saturated rings. The molecule has 0 saturated heterocycles. The number of benzene rings is 1. The molecule has 0 spiro atoms. The van der Waals surface area contributed by atoms with Crippen molar-refractivity contribution < 1.29 is 4.79 Å². The number of thioether (sulfide) groups is 1. The zero-order valence-electron chi connectivity index (χ0n) is 13.2. The van der Waals surface area contributed by atoms with E-state index in [0.717, 1.165) is 16.9 Å². The summed E-state index contributed by atoms with van der Waals surface area (Å²) in [5.74, 6) is 0.0346. The molecule has 5 nitrogen and oxygen atoms in total. The van der Waals surface area contributed by atoms with Gasteiger partial charge in [0.15, 0.2) is 0 Å². The minimum absolute atomic E-state index is 0.142. The largest absolute Gasteiger partial charge is 0.325 e. The van der Waals surface area contributed by atoms with Crippen LogP contribution < -0.4 is 5.32 Å². The van der Waals surface area contributed by atoms with Gasteiger partial charge in [-0.25, -0.2) is 4.98 Å². The van der Waals surface area contributed by atoms with Crippen LogP contribution in [0.3, 0.4) is 0 Å². The Morgan fingerprint density at radius 3 is 2.56 bits per heavy atom. The summed E-state index contributed by atoms with van der Waals surface area (Å²) in [5.41, 5.74) is 2.85. The van der Waals surface area contributed by atoms with E-state index in [0.29, 0.717) is 10.6 Å². The van der Waals surface area contributed by atoms with Crippen molar-refractivity contribution in [3.63, 3.8) is 0 Å². The molecule has 1 amide bonds. The third kappa shape index (κ3) is 4.43. The number of carbonyl (C=O) groups is 1. The number of anilines is 1. The van der Waals surface area contributed by atoms with Gasteiger partial charge in [0.05, 0.1) is 17.0 Å². The molecule has 0 aliphatic heterocycles. The van der Waals surface area contributed by atoms with Gasteiger partial charge < -0.3 is 5.32 Å². The highest BCUT2D eigenvalue weighted by atomic mass is 32.2. The van der Waals surface area contributed by atoms with Crippen molar-refractivity contribution >= 4 is 23.4 Å². The van der Waals surface area contributed by atoms with Crippen molar-refractivity contribution in [3.05, 3.63) is 72.6 Å². The molecule has 3 rings (SSSR count). The maximum Gasteiger partial charge on any atom is 0.234 e. The molecule has 122 valence electrons. The maximum atomic E-state index is 12.1. The van der Waals surface area contributed by atoms with E-state index in [1.54, 1.807) is 24.5 Å². The van der Waals surface area contributed by atoms with Gasteiger partial charge in [-0.05, 0) is 36.4 Å². The molecule has 0 unspecified atom stereocenters. The highest BCUT2D eigenvalue weighted by Crippen LogP contribution is 2.25. The molecule has 0 saturated carbocycles. The summed E-state index contributed by atoms with van der Waals surface area (Å²) >= 11 is 1.25. The molecular weight excluding hydrogens is 332 g/mol. The van der Waals surface area contributed by atoms with Crippen molar-refractivity contribution in [1.82, 2.24) is 9.97 Å². The SMILES string of the molecule is N#Cc1ccc(-c2ccncc2)nc1SCC(=O)Nc1ccccc1. The first-order valence-electron chi connectivity index (χ1n) is 7.55. The van der Waals surface area contributed by atoms with E-state index in [-0.39, 0.29) is 11.7 Å². The van der Waals surface area contributed by atoms with Crippen molar-refractivity contribution in [1.29, 1.82) is 5.26 Å². The highest BCUT2D eigenvalue weighted by Gasteiger charge is 2.10. The molecular formula is C19H14N4OS. The van der Waals surface area contributed by atoms with Crippen LogP contribution in [0.2, 0.25) is 0 Å². The monoisotopic (exact) mass is 346 g/mol. The lowest BCUT2D eigenvalue weighted by molar-refractivity contribution is -0.113. The average molecular weight is 346 g/mol. The van der Waals surface area contributed by atoms with E-state index in [1.807, 2.05) is 42.5 Å². The van der Waals surface area contributed by atoms with E-state index in [2.05, 4.69) is 21.4 Å². The Labute approximate surface area is 149 Å². The molecule has 3 aromatic rings. The fraction of sp³-hybridized carbons (Fsp3) is 0.0526. The first kappa shape index (κ1) is 16.7. The summed E-state index contributed by atoms with van der Waals surface area (Å²) in [5, 5.41) is 12.6. The van der Waals surface area contributed by atoms with Crippen LogP contribution in [0.4, 0.5) is 5.69 Å². The van der Waals surface area contributed by atoms with Crippen molar-refractivity contribution in [3.8, 4) is 17.3 Å². The zero-order chi connectivity index (χ0) is 17.5. The Morgan fingerprint density at radius 2 is 1.84 bits per heavy atom. The number of pyridine rings is 2. The van der Waals surface area contributed by atoms with E-state index >= 15 is 0 Å². The number of hydrogen-bond acceptors (Lipinski definition) is 5. The molecule has 0 atom stereocenters. The van der Waals surface area contributed by atoms with Gasteiger partial charge in [-0.15, -0.1) is 0 Å². The number of rotatable bonds is 5. The maximum absolute atomic E-state index is 12.1. The molecule has 1 aromatic carbocycles. The standard InChI is InChI=1S/C19H14N4OS/c20-12-15-6-7-17(14-8-10-21-11-9-14)23-19(15)25-13-18(24)22-16-4-2-1-3-5-16/h1-11H,13H2,(H,22,24). The van der Waals surface area contributed by atoms with Crippen LogP contribution in [0.25, 0.3) is 11.3 Å². The normalized spacial score (nSPS) is 10.0. The fourth-order valence-electron chi connectivity index (χ4n) is 2.17. The summed E-state index contributed by atoms with van der Waals surface area (Å²) < 4.78 is 0. The molecule has 2 aromatic heterocycles. The second kappa shape index (κ2) is 8.08. The first-order chi connectivity index (χ1) is 12.3. The highest BCUT2D eigenvalue weighted by molar-refractivity contribution is 8.00. The molecule has 6 heteroatoms. The number of hydrogen-bond donors (Lipinski definition) is 1. The number of carbonyl (C=O) groups excluding carboxylic acids is 1. The van der Waals surface area contributed by atoms with Crippen LogP contribution in [0, 0.1) is 11.3 Å². The van der Waals surface area contributed by atoms with Crippen molar-refractivity contribution in [2.75, 3.05) is 11.1 Å².